The second-order valence-electron chi connectivity index (χ2n) is 5.17. The molecule has 1 fully saturated rings. The molecule has 1 aromatic carbocycles. The molecule has 0 saturated heterocycles. The number of benzene rings is 1. The third-order valence-corrected chi connectivity index (χ3v) is 3.51. The second kappa shape index (κ2) is 5.75. The van der Waals surface area contributed by atoms with E-state index in [-0.39, 0.29) is 24.3 Å². The summed E-state index contributed by atoms with van der Waals surface area (Å²) >= 11 is 0. The zero-order valence-corrected chi connectivity index (χ0v) is 11.4. The van der Waals surface area contributed by atoms with Gasteiger partial charge in [-0.05, 0) is 24.3 Å². The van der Waals surface area contributed by atoms with Gasteiger partial charge in [-0.15, -0.1) is 5.10 Å². The first-order chi connectivity index (χ1) is 10.3. The van der Waals surface area contributed by atoms with Crippen molar-refractivity contribution in [3.8, 4) is 6.07 Å². The molecule has 1 saturated carbocycles. The van der Waals surface area contributed by atoms with E-state index in [1.807, 2.05) is 36.4 Å². The number of carbonyl (C=O) groups is 1. The number of hydrogen-bond acceptors (Lipinski definition) is 4. The van der Waals surface area contributed by atoms with E-state index in [1.165, 1.54) is 11.0 Å². The first kappa shape index (κ1) is 13.3. The van der Waals surface area contributed by atoms with Gasteiger partial charge in [0.15, 0.2) is 0 Å². The Hall–Kier alpha value is -2.68. The van der Waals surface area contributed by atoms with E-state index in [0.717, 1.165) is 18.4 Å². The van der Waals surface area contributed by atoms with Gasteiger partial charge in [-0.25, -0.2) is 9.67 Å². The highest BCUT2D eigenvalue weighted by Gasteiger charge is 2.33. The van der Waals surface area contributed by atoms with Crippen molar-refractivity contribution >= 4 is 5.91 Å². The fourth-order valence-corrected chi connectivity index (χ4v) is 2.35. The van der Waals surface area contributed by atoms with Crippen molar-refractivity contribution in [1.82, 2.24) is 20.1 Å². The molecule has 6 heteroatoms. The zero-order chi connectivity index (χ0) is 14.7. The monoisotopic (exact) mass is 281 g/mol. The first-order valence-corrected chi connectivity index (χ1v) is 6.90. The maximum absolute atomic E-state index is 12.1. The van der Waals surface area contributed by atoms with Crippen LogP contribution in [0.5, 0.6) is 0 Å². The predicted molar refractivity (Wildman–Crippen MR) is 74.8 cm³/mol. The molecule has 3 rings (SSSR count). The SMILES string of the molecule is N#Cc1ncn(CC(=O)N[C@@H](c2ccccc2)C2CC2)n1. The largest absolute Gasteiger partial charge is 0.347 e. The summed E-state index contributed by atoms with van der Waals surface area (Å²) in [7, 11) is 0. The van der Waals surface area contributed by atoms with Crippen molar-refractivity contribution < 1.29 is 4.79 Å². The van der Waals surface area contributed by atoms with Crippen LogP contribution in [0.4, 0.5) is 0 Å². The van der Waals surface area contributed by atoms with E-state index >= 15 is 0 Å². The Labute approximate surface area is 122 Å². The lowest BCUT2D eigenvalue weighted by Crippen LogP contribution is -2.32. The minimum Gasteiger partial charge on any atom is -0.347 e. The van der Waals surface area contributed by atoms with Crippen LogP contribution < -0.4 is 5.32 Å². The van der Waals surface area contributed by atoms with Crippen molar-refractivity contribution in [1.29, 1.82) is 5.26 Å². The summed E-state index contributed by atoms with van der Waals surface area (Å²) in [4.78, 5) is 15.9. The van der Waals surface area contributed by atoms with E-state index in [9.17, 15) is 4.79 Å². The molecular weight excluding hydrogens is 266 g/mol. The molecule has 106 valence electrons. The van der Waals surface area contributed by atoms with E-state index < -0.39 is 0 Å². The number of nitrogens with one attached hydrogen (secondary N) is 1. The van der Waals surface area contributed by atoms with Crippen LogP contribution in [-0.2, 0) is 11.3 Å². The maximum Gasteiger partial charge on any atom is 0.252 e. The molecule has 21 heavy (non-hydrogen) atoms. The van der Waals surface area contributed by atoms with Gasteiger partial charge >= 0.3 is 0 Å². The Morgan fingerprint density at radius 2 is 2.19 bits per heavy atom. The molecule has 0 radical (unpaired) electrons. The molecule has 0 spiro atoms. The predicted octanol–water partition coefficient (Wildman–Crippen LogP) is 1.42. The fourth-order valence-electron chi connectivity index (χ4n) is 2.35. The van der Waals surface area contributed by atoms with Gasteiger partial charge in [-0.1, -0.05) is 30.3 Å². The molecule has 0 aliphatic heterocycles. The van der Waals surface area contributed by atoms with Crippen molar-refractivity contribution in [2.75, 3.05) is 0 Å². The number of nitrogens with zero attached hydrogens (tertiary/aromatic N) is 4. The number of nitriles is 1. The molecule has 0 unspecified atom stereocenters. The molecule has 1 aliphatic rings. The average molecular weight is 281 g/mol. The molecule has 2 aromatic rings. The first-order valence-electron chi connectivity index (χ1n) is 6.90. The van der Waals surface area contributed by atoms with Gasteiger partial charge in [0.2, 0.25) is 5.91 Å². The maximum atomic E-state index is 12.1. The molecule has 1 N–H and O–H groups in total. The van der Waals surface area contributed by atoms with E-state index in [0.29, 0.717) is 5.92 Å². The smallest absolute Gasteiger partial charge is 0.252 e. The van der Waals surface area contributed by atoms with Crippen LogP contribution in [0.1, 0.15) is 30.3 Å². The van der Waals surface area contributed by atoms with Crippen LogP contribution in [0.15, 0.2) is 36.7 Å². The zero-order valence-electron chi connectivity index (χ0n) is 11.4. The van der Waals surface area contributed by atoms with E-state index in [4.69, 9.17) is 5.26 Å². The summed E-state index contributed by atoms with van der Waals surface area (Å²) in [5, 5.41) is 15.6. The Morgan fingerprint density at radius 1 is 1.43 bits per heavy atom. The Balaban J connectivity index is 1.66. The van der Waals surface area contributed by atoms with Crippen molar-refractivity contribution in [3.05, 3.63) is 48.0 Å². The van der Waals surface area contributed by atoms with Gasteiger partial charge in [-0.3, -0.25) is 4.79 Å². The van der Waals surface area contributed by atoms with Gasteiger partial charge in [0, 0.05) is 0 Å². The summed E-state index contributed by atoms with van der Waals surface area (Å²) < 4.78 is 1.38. The lowest BCUT2D eigenvalue weighted by molar-refractivity contribution is -0.122. The number of carbonyl (C=O) groups excluding carboxylic acids is 1. The van der Waals surface area contributed by atoms with Gasteiger partial charge in [0.25, 0.3) is 5.82 Å². The Kier molecular flexibility index (Phi) is 3.65. The summed E-state index contributed by atoms with van der Waals surface area (Å²) in [6, 6.07) is 11.9. The summed E-state index contributed by atoms with van der Waals surface area (Å²) in [5.41, 5.74) is 1.13. The second-order valence-corrected chi connectivity index (χ2v) is 5.17. The summed E-state index contributed by atoms with van der Waals surface area (Å²) in [5.74, 6) is 0.469. The molecule has 1 aromatic heterocycles. The van der Waals surface area contributed by atoms with E-state index in [1.54, 1.807) is 0 Å². The number of rotatable bonds is 5. The molecule has 1 aliphatic carbocycles. The normalized spacial score (nSPS) is 15.2. The van der Waals surface area contributed by atoms with E-state index in [2.05, 4.69) is 15.4 Å². The molecular formula is C15H15N5O. The quantitative estimate of drug-likeness (QED) is 0.898. The molecule has 0 bridgehead atoms. The highest BCUT2D eigenvalue weighted by molar-refractivity contribution is 5.76. The van der Waals surface area contributed by atoms with Crippen molar-refractivity contribution in [2.24, 2.45) is 5.92 Å². The van der Waals surface area contributed by atoms with Crippen LogP contribution in [0.25, 0.3) is 0 Å². The third kappa shape index (κ3) is 3.26. The number of aromatic nitrogens is 3. The minimum atomic E-state index is -0.120. The van der Waals surface area contributed by atoms with Crippen LogP contribution in [0.3, 0.4) is 0 Å². The highest BCUT2D eigenvalue weighted by Crippen LogP contribution is 2.40. The standard InChI is InChI=1S/C15H15N5O/c16-8-13-17-10-20(19-13)9-14(21)18-15(12-6-7-12)11-4-2-1-3-5-11/h1-5,10,12,15H,6-7,9H2,(H,18,21)/t15-/m0/s1. The highest BCUT2D eigenvalue weighted by atomic mass is 16.2. The van der Waals surface area contributed by atoms with Crippen molar-refractivity contribution in [3.63, 3.8) is 0 Å². The van der Waals surface area contributed by atoms with Crippen LogP contribution in [0.2, 0.25) is 0 Å². The molecule has 1 atom stereocenters. The fraction of sp³-hybridized carbons (Fsp3) is 0.333. The average Bonchev–Trinajstić information content (AvgIpc) is 3.25. The summed E-state index contributed by atoms with van der Waals surface area (Å²) in [6.45, 7) is 0.0741. The van der Waals surface area contributed by atoms with Crippen LogP contribution >= 0.6 is 0 Å². The van der Waals surface area contributed by atoms with Gasteiger partial charge in [0.1, 0.15) is 18.9 Å². The van der Waals surface area contributed by atoms with Crippen molar-refractivity contribution in [2.45, 2.75) is 25.4 Å². The topological polar surface area (TPSA) is 83.6 Å². The Bertz CT molecular complexity index is 669. The number of amides is 1. The molecule has 1 amide bonds. The summed E-state index contributed by atoms with van der Waals surface area (Å²) in [6.07, 6.45) is 3.68. The number of hydrogen-bond donors (Lipinski definition) is 1. The lowest BCUT2D eigenvalue weighted by atomic mass is 10.0. The Morgan fingerprint density at radius 3 is 2.81 bits per heavy atom. The van der Waals surface area contributed by atoms with Gasteiger partial charge in [-0.2, -0.15) is 5.26 Å². The minimum absolute atomic E-state index is 0.0534. The lowest BCUT2D eigenvalue weighted by Gasteiger charge is -2.18. The van der Waals surface area contributed by atoms with Crippen LogP contribution in [0, 0.1) is 17.2 Å². The third-order valence-electron chi connectivity index (χ3n) is 3.51. The molecule has 6 nitrogen and oxygen atoms in total. The molecule has 1 heterocycles. The van der Waals surface area contributed by atoms with Gasteiger partial charge in [0.05, 0.1) is 6.04 Å². The van der Waals surface area contributed by atoms with Crippen LogP contribution in [-0.4, -0.2) is 20.7 Å². The van der Waals surface area contributed by atoms with Gasteiger partial charge < -0.3 is 5.32 Å².